The van der Waals surface area contributed by atoms with Crippen molar-refractivity contribution in [2.45, 2.75) is 39.6 Å². The summed E-state index contributed by atoms with van der Waals surface area (Å²) in [7, 11) is 0. The molecule has 0 aliphatic rings. The van der Waals surface area contributed by atoms with E-state index in [0.29, 0.717) is 5.88 Å². The van der Waals surface area contributed by atoms with Gasteiger partial charge in [-0.05, 0) is 27.2 Å². The number of hydrogen-bond acceptors (Lipinski definition) is 2. The Balaban J connectivity index is 2.54. The zero-order chi connectivity index (χ0) is 11.3. The molecule has 0 aromatic carbocycles. The Morgan fingerprint density at radius 1 is 1.40 bits per heavy atom. The van der Waals surface area contributed by atoms with Gasteiger partial charge in [0.2, 0.25) is 0 Å². The van der Waals surface area contributed by atoms with E-state index in [0.717, 1.165) is 37.4 Å². The molecule has 0 saturated carbocycles. The Hall–Kier alpha value is -0.540. The molecule has 15 heavy (non-hydrogen) atoms. The van der Waals surface area contributed by atoms with Crippen LogP contribution >= 0.6 is 11.6 Å². The van der Waals surface area contributed by atoms with E-state index in [-0.39, 0.29) is 0 Å². The minimum Gasteiger partial charge on any atom is -0.382 e. The Morgan fingerprint density at radius 3 is 2.67 bits per heavy atom. The standard InChI is InChI=1S/C11H19ClN2O/c1-4-15-7-5-6-14-10(3)11(8-12)9(2)13-14/h4-8H2,1-3H3. The lowest BCUT2D eigenvalue weighted by Crippen LogP contribution is -2.06. The predicted molar refractivity (Wildman–Crippen MR) is 62.4 cm³/mol. The van der Waals surface area contributed by atoms with E-state index in [1.54, 1.807) is 0 Å². The summed E-state index contributed by atoms with van der Waals surface area (Å²) in [4.78, 5) is 0. The summed E-state index contributed by atoms with van der Waals surface area (Å²) >= 11 is 5.86. The fraction of sp³-hybridized carbons (Fsp3) is 0.727. The van der Waals surface area contributed by atoms with Crippen LogP contribution in [-0.4, -0.2) is 23.0 Å². The third kappa shape index (κ3) is 3.21. The first kappa shape index (κ1) is 12.5. The topological polar surface area (TPSA) is 27.1 Å². The van der Waals surface area contributed by atoms with Gasteiger partial charge in [0.15, 0.2) is 0 Å². The van der Waals surface area contributed by atoms with Gasteiger partial charge in [0.05, 0.1) is 11.6 Å². The molecule has 0 N–H and O–H groups in total. The van der Waals surface area contributed by atoms with Crippen molar-refractivity contribution in [2.24, 2.45) is 0 Å². The number of hydrogen-bond donors (Lipinski definition) is 0. The fourth-order valence-corrected chi connectivity index (χ4v) is 1.99. The smallest absolute Gasteiger partial charge is 0.0640 e. The van der Waals surface area contributed by atoms with E-state index in [9.17, 15) is 0 Å². The van der Waals surface area contributed by atoms with Crippen LogP contribution in [0.1, 0.15) is 30.3 Å². The van der Waals surface area contributed by atoms with Gasteiger partial charge in [0, 0.05) is 31.0 Å². The predicted octanol–water partition coefficient (Wildman–Crippen LogP) is 2.67. The summed E-state index contributed by atoms with van der Waals surface area (Å²) < 4.78 is 7.31. The third-order valence-electron chi connectivity index (χ3n) is 2.53. The molecule has 0 fully saturated rings. The van der Waals surface area contributed by atoms with Crippen LogP contribution in [0, 0.1) is 13.8 Å². The van der Waals surface area contributed by atoms with E-state index < -0.39 is 0 Å². The normalized spacial score (nSPS) is 10.9. The second-order valence-corrected chi connectivity index (χ2v) is 3.82. The van der Waals surface area contributed by atoms with Gasteiger partial charge >= 0.3 is 0 Å². The highest BCUT2D eigenvalue weighted by molar-refractivity contribution is 6.17. The van der Waals surface area contributed by atoms with Crippen LogP contribution in [0.15, 0.2) is 0 Å². The highest BCUT2D eigenvalue weighted by Crippen LogP contribution is 2.15. The van der Waals surface area contributed by atoms with Crippen molar-refractivity contribution in [2.75, 3.05) is 13.2 Å². The second kappa shape index (κ2) is 6.13. The number of aromatic nitrogens is 2. The molecule has 0 saturated heterocycles. The summed E-state index contributed by atoms with van der Waals surface area (Å²) in [5.41, 5.74) is 3.38. The van der Waals surface area contributed by atoms with Gasteiger partial charge in [-0.2, -0.15) is 5.10 Å². The lowest BCUT2D eigenvalue weighted by Gasteiger charge is -2.04. The number of aryl methyl sites for hydroxylation is 2. The number of halogens is 1. The second-order valence-electron chi connectivity index (χ2n) is 3.56. The van der Waals surface area contributed by atoms with Crippen LogP contribution in [0.5, 0.6) is 0 Å². The first-order chi connectivity index (χ1) is 7.20. The molecule has 3 nitrogen and oxygen atoms in total. The van der Waals surface area contributed by atoms with E-state index in [4.69, 9.17) is 16.3 Å². The third-order valence-corrected chi connectivity index (χ3v) is 2.79. The maximum Gasteiger partial charge on any atom is 0.0640 e. The van der Waals surface area contributed by atoms with Crippen molar-refractivity contribution in [1.29, 1.82) is 0 Å². The van der Waals surface area contributed by atoms with Crippen LogP contribution < -0.4 is 0 Å². The summed E-state index contributed by atoms with van der Waals surface area (Å²) in [5.74, 6) is 0.545. The minimum absolute atomic E-state index is 0.545. The highest BCUT2D eigenvalue weighted by Gasteiger charge is 2.09. The van der Waals surface area contributed by atoms with Crippen molar-refractivity contribution in [3.05, 3.63) is 17.0 Å². The molecule has 4 heteroatoms. The van der Waals surface area contributed by atoms with Crippen LogP contribution in [0.25, 0.3) is 0 Å². The molecule has 1 aromatic heterocycles. The molecule has 1 rings (SSSR count). The number of rotatable bonds is 6. The summed E-state index contributed by atoms with van der Waals surface area (Å²) in [6, 6.07) is 0. The molecule has 0 aliphatic carbocycles. The molecule has 1 aromatic rings. The first-order valence-electron chi connectivity index (χ1n) is 5.37. The SMILES string of the molecule is CCOCCCn1nc(C)c(CCl)c1C. The Morgan fingerprint density at radius 2 is 2.13 bits per heavy atom. The molecule has 1 heterocycles. The lowest BCUT2D eigenvalue weighted by atomic mass is 10.2. The zero-order valence-electron chi connectivity index (χ0n) is 9.72. The van der Waals surface area contributed by atoms with Gasteiger partial charge < -0.3 is 4.74 Å². The molecular weight excluding hydrogens is 212 g/mol. The molecule has 0 radical (unpaired) electrons. The average molecular weight is 231 g/mol. The summed E-state index contributed by atoms with van der Waals surface area (Å²) in [5, 5.41) is 4.46. The van der Waals surface area contributed by atoms with Gasteiger partial charge in [-0.1, -0.05) is 0 Å². The van der Waals surface area contributed by atoms with Crippen molar-refractivity contribution in [3.8, 4) is 0 Å². The molecule has 0 aliphatic heterocycles. The van der Waals surface area contributed by atoms with Gasteiger partial charge in [0.1, 0.15) is 0 Å². The highest BCUT2D eigenvalue weighted by atomic mass is 35.5. The fourth-order valence-electron chi connectivity index (χ4n) is 1.61. The Labute approximate surface area is 96.4 Å². The maximum atomic E-state index is 5.86. The number of nitrogens with zero attached hydrogens (tertiary/aromatic N) is 2. The van der Waals surface area contributed by atoms with Crippen molar-refractivity contribution < 1.29 is 4.74 Å². The molecular formula is C11H19ClN2O. The lowest BCUT2D eigenvalue weighted by molar-refractivity contribution is 0.140. The number of alkyl halides is 1. The van der Waals surface area contributed by atoms with Gasteiger partial charge in [-0.3, -0.25) is 4.68 Å². The molecule has 0 atom stereocenters. The average Bonchev–Trinajstić information content (AvgIpc) is 2.49. The van der Waals surface area contributed by atoms with Gasteiger partial charge in [0.25, 0.3) is 0 Å². The van der Waals surface area contributed by atoms with Crippen LogP contribution in [0.2, 0.25) is 0 Å². The molecule has 86 valence electrons. The zero-order valence-corrected chi connectivity index (χ0v) is 10.5. The quantitative estimate of drug-likeness (QED) is 0.555. The molecule has 0 bridgehead atoms. The van der Waals surface area contributed by atoms with Crippen LogP contribution in [0.4, 0.5) is 0 Å². The summed E-state index contributed by atoms with van der Waals surface area (Å²) in [6.07, 6.45) is 0.998. The van der Waals surface area contributed by atoms with Gasteiger partial charge in [-0.15, -0.1) is 11.6 Å². The Bertz CT molecular complexity index is 310. The molecule has 0 amide bonds. The van der Waals surface area contributed by atoms with E-state index >= 15 is 0 Å². The van der Waals surface area contributed by atoms with E-state index in [1.807, 2.05) is 18.5 Å². The van der Waals surface area contributed by atoms with Crippen LogP contribution in [-0.2, 0) is 17.2 Å². The van der Waals surface area contributed by atoms with E-state index in [2.05, 4.69) is 12.0 Å². The van der Waals surface area contributed by atoms with Crippen molar-refractivity contribution in [1.82, 2.24) is 9.78 Å². The molecule has 0 spiro atoms. The van der Waals surface area contributed by atoms with Crippen LogP contribution in [0.3, 0.4) is 0 Å². The van der Waals surface area contributed by atoms with Crippen molar-refractivity contribution in [3.63, 3.8) is 0 Å². The number of ether oxygens (including phenoxy) is 1. The van der Waals surface area contributed by atoms with Crippen molar-refractivity contribution >= 4 is 11.6 Å². The first-order valence-corrected chi connectivity index (χ1v) is 5.90. The minimum atomic E-state index is 0.545. The molecule has 0 unspecified atom stereocenters. The monoisotopic (exact) mass is 230 g/mol. The maximum absolute atomic E-state index is 5.86. The van der Waals surface area contributed by atoms with Gasteiger partial charge in [-0.25, -0.2) is 0 Å². The summed E-state index contributed by atoms with van der Waals surface area (Å²) in [6.45, 7) is 8.57. The largest absolute Gasteiger partial charge is 0.382 e. The van der Waals surface area contributed by atoms with E-state index in [1.165, 1.54) is 5.69 Å². The Kier molecular flexibility index (Phi) is 5.12.